The smallest absolute Gasteiger partial charge is 0.368 e. The summed E-state index contributed by atoms with van der Waals surface area (Å²) in [6.07, 6.45) is 6.55. The first-order valence-electron chi connectivity index (χ1n) is 32.2. The molecule has 8 bridgehead atoms. The van der Waals surface area contributed by atoms with Gasteiger partial charge in [0.05, 0.1) is 73.7 Å². The monoisotopic (exact) mass is 1500 g/mol. The molecule has 46 heteroatoms. The second-order valence-electron chi connectivity index (χ2n) is 24.3. The molecule has 106 heavy (non-hydrogen) atoms. The number of urea groups is 4. The summed E-state index contributed by atoms with van der Waals surface area (Å²) in [6.45, 7) is 0.669. The number of amides is 11. The van der Waals surface area contributed by atoms with Crippen molar-refractivity contribution in [2.24, 2.45) is 65.4 Å². The maximum atomic E-state index is 13.2. The van der Waals surface area contributed by atoms with Crippen LogP contribution in [0.3, 0.4) is 0 Å². The Kier molecular flexibility index (Phi) is 22.5. The molecule has 4 fully saturated rings. The number of hydroxylamine groups is 12. The highest BCUT2D eigenvalue weighted by atomic mass is 32.3. The molecular formula is C60H77N27O18S. The standard InChI is InChI=1S/C19H23N7O4.C17H20N6O3.C12H17N7O7S.C12H17N7O4/c1-21-18(23-29-11-15(20)27)17-16-13(8-22-24(16)2)14-9-25(17)19(28)26(14)30-10-12-6-4-3-5-7-12;1-18-16(20-25)15-14-12(8-19-21(14)2)13-9-22(15)17(24)23(13)26-10-11-6-4-3-5-7-11;1-14-11(16-25-5-8(13)20)10-9-6(3-15-17(9)2)7-4-18(10)12(21)19(7)26-27(22,23)24;1-14-11(16-23-5-8(13)20)10-9-6(3-15-17(9)2)7-4-18(10)12(21)19(7)22/h3-8,14,17H,9-11H2,1-2H3,(H2,20,27)(H,21,23);3-8,13,15,25H,9-10H2,1-2H3,(H,18,20);3,7,10H,4-5H2,1-2H3,(H2,13,20)(H,14,16)(H,22,23,24);3,7,10,22H,4-5H2,1-2H3,(H2,13,20)(H,14,16)/t14-,17-;13-,15-;2*7-,10-/m0000/s1. The Bertz CT molecular complexity index is 4550. The Labute approximate surface area is 602 Å². The molecule has 8 aliphatic rings. The maximum absolute atomic E-state index is 13.2. The fraction of sp³-hybridized carbons (Fsp3) is 0.417. The summed E-state index contributed by atoms with van der Waals surface area (Å²) in [7, 11) is 8.16. The number of amidine groups is 4. The van der Waals surface area contributed by atoms with E-state index in [-0.39, 0.29) is 62.2 Å². The molecule has 8 atom stereocenters. The predicted octanol–water partition coefficient (Wildman–Crippen LogP) is -1.49. The van der Waals surface area contributed by atoms with Gasteiger partial charge in [0.2, 0.25) is 17.7 Å². The molecule has 4 aromatic heterocycles. The summed E-state index contributed by atoms with van der Waals surface area (Å²) >= 11 is 0. The molecule has 0 aliphatic carbocycles. The number of hydrogen-bond donors (Lipinski definition) is 10. The SMILES string of the molecule is CN=C(NO)[C@@H]1c2c(cnn2C)[C@@H]2CN1C(=O)N2OCc1ccccc1.CN=C(NOCC(N)=O)[C@@H]1c2c(cnn2C)[C@@H]2CN1C(=O)N2O.CN=C(NOCC(N)=O)[C@@H]1c2c(cnn2C)[C@@H]2CN1C(=O)N2OCc1ccccc1.CN=C(NOCC(N)=O)[C@@H]1c2c(cnn2C)[C@@H]2CN1C(=O)N2OS(=O)(=O)O. The van der Waals surface area contributed by atoms with E-state index in [1.54, 1.807) is 77.7 Å². The largest absolute Gasteiger partial charge is 0.418 e. The summed E-state index contributed by atoms with van der Waals surface area (Å²) < 4.78 is 42.2. The molecule has 2 aromatic carbocycles. The number of fused-ring (bicyclic) bond motifs is 16. The fourth-order valence-corrected chi connectivity index (χ4v) is 13.8. The minimum absolute atomic E-state index is 0.0498. The number of aliphatic imine (C=N–C) groups is 4. The van der Waals surface area contributed by atoms with Crippen LogP contribution in [-0.4, -0.2) is 242 Å². The van der Waals surface area contributed by atoms with Crippen LogP contribution < -0.4 is 39.1 Å². The summed E-state index contributed by atoms with van der Waals surface area (Å²) in [4.78, 5) is 133. The van der Waals surface area contributed by atoms with Gasteiger partial charge in [0.15, 0.2) is 19.8 Å². The van der Waals surface area contributed by atoms with Gasteiger partial charge >= 0.3 is 34.5 Å². The molecule has 566 valence electrons. The molecule has 0 radical (unpaired) electrons. The maximum Gasteiger partial charge on any atom is 0.418 e. The van der Waals surface area contributed by atoms with E-state index in [0.717, 1.165) is 39.2 Å². The zero-order valence-electron chi connectivity index (χ0n) is 58.1. The lowest BCUT2D eigenvalue weighted by molar-refractivity contribution is -0.141. The molecule has 0 spiro atoms. The normalized spacial score (nSPS) is 21.9. The van der Waals surface area contributed by atoms with E-state index in [1.165, 1.54) is 44.9 Å². The van der Waals surface area contributed by atoms with Gasteiger partial charge in [-0.1, -0.05) is 60.7 Å². The Morgan fingerprint density at radius 2 is 0.774 bits per heavy atom. The van der Waals surface area contributed by atoms with Crippen molar-refractivity contribution in [3.63, 3.8) is 0 Å². The summed E-state index contributed by atoms with van der Waals surface area (Å²) in [5, 5.41) is 40.5. The number of nitrogens with one attached hydrogen (secondary N) is 4. The Morgan fingerprint density at radius 1 is 0.481 bits per heavy atom. The first-order valence-corrected chi connectivity index (χ1v) is 33.5. The number of carbonyl (C=O) groups excluding carboxylic acids is 7. The van der Waals surface area contributed by atoms with Gasteiger partial charge in [-0.05, 0) is 11.1 Å². The molecule has 0 saturated carbocycles. The van der Waals surface area contributed by atoms with Gasteiger partial charge in [-0.15, -0.1) is 4.28 Å². The molecule has 14 rings (SSSR count). The number of nitrogens with zero attached hydrogens (tertiary/aromatic N) is 20. The third-order valence-electron chi connectivity index (χ3n) is 18.0. The van der Waals surface area contributed by atoms with E-state index < -0.39 is 83.0 Å². The molecule has 13 N–H and O–H groups in total. The Hall–Kier alpha value is -11.8. The van der Waals surface area contributed by atoms with Crippen LogP contribution >= 0.6 is 0 Å². The molecule has 0 unspecified atom stereocenters. The molecule has 12 heterocycles. The highest BCUT2D eigenvalue weighted by Gasteiger charge is 2.56. The topological polar surface area (TPSA) is 543 Å². The molecule has 45 nitrogen and oxygen atoms in total. The van der Waals surface area contributed by atoms with Crippen molar-refractivity contribution in [3.05, 3.63) is 142 Å². The lowest BCUT2D eigenvalue weighted by atomic mass is 9.97. The number of primary amides is 3. The van der Waals surface area contributed by atoms with E-state index in [1.807, 2.05) is 67.7 Å². The Balaban J connectivity index is 0.000000142. The highest BCUT2D eigenvalue weighted by molar-refractivity contribution is 7.80. The first kappa shape index (κ1) is 75.4. The van der Waals surface area contributed by atoms with Crippen LogP contribution in [0.25, 0.3) is 0 Å². The minimum atomic E-state index is -4.91. The van der Waals surface area contributed by atoms with Crippen molar-refractivity contribution < 1.29 is 85.4 Å². The second-order valence-corrected chi connectivity index (χ2v) is 25.3. The molecule has 6 aromatic rings. The average molecular weight is 1500 g/mol. The molecular weight excluding hydrogens is 1420 g/mol. The third kappa shape index (κ3) is 14.9. The van der Waals surface area contributed by atoms with Crippen LogP contribution in [0.15, 0.2) is 105 Å². The van der Waals surface area contributed by atoms with Crippen molar-refractivity contribution >= 4 is 75.6 Å². The van der Waals surface area contributed by atoms with Crippen molar-refractivity contribution in [2.75, 3.05) is 74.2 Å². The zero-order valence-corrected chi connectivity index (χ0v) is 58.9. The molecule has 4 saturated heterocycles. The molecule has 8 aliphatic heterocycles. The summed E-state index contributed by atoms with van der Waals surface area (Å²) in [5.41, 5.74) is 32.7. The average Bonchev–Trinajstić information content (AvgIpc) is 1.59. The number of hydrogen-bond acceptors (Lipinski definition) is 25. The second kappa shape index (κ2) is 31.7. The summed E-state index contributed by atoms with van der Waals surface area (Å²) in [5.74, 6) is -0.880. The van der Waals surface area contributed by atoms with Gasteiger partial charge in [-0.2, -0.15) is 49.1 Å². The molecule has 11 amide bonds. The van der Waals surface area contributed by atoms with Crippen LogP contribution in [0.2, 0.25) is 0 Å². The van der Waals surface area contributed by atoms with Crippen LogP contribution in [0.5, 0.6) is 0 Å². The number of aromatic nitrogens is 8. The van der Waals surface area contributed by atoms with E-state index >= 15 is 0 Å². The number of benzene rings is 2. The number of aryl methyl sites for hydroxylation is 4. The minimum Gasteiger partial charge on any atom is -0.368 e. The van der Waals surface area contributed by atoms with Crippen LogP contribution in [0.4, 0.5) is 19.2 Å². The van der Waals surface area contributed by atoms with Crippen LogP contribution in [0, 0.1) is 0 Å². The lowest BCUT2D eigenvalue weighted by Gasteiger charge is -2.31. The van der Waals surface area contributed by atoms with Gasteiger partial charge in [0.25, 0.3) is 0 Å². The van der Waals surface area contributed by atoms with Gasteiger partial charge in [0, 0.05) is 78.6 Å². The van der Waals surface area contributed by atoms with Crippen molar-refractivity contribution in [2.45, 2.75) is 61.5 Å². The van der Waals surface area contributed by atoms with E-state index in [2.05, 4.69) is 66.6 Å². The van der Waals surface area contributed by atoms with Gasteiger partial charge < -0.3 is 36.8 Å². The van der Waals surface area contributed by atoms with Crippen LogP contribution in [0.1, 0.15) is 104 Å². The van der Waals surface area contributed by atoms with Gasteiger partial charge in [-0.25, -0.2) is 19.2 Å². The number of carbonyl (C=O) groups is 7. The number of nitrogens with two attached hydrogens (primary N) is 3. The van der Waals surface area contributed by atoms with E-state index in [4.69, 9.17) is 45.9 Å². The quantitative estimate of drug-likeness (QED) is 0.0129. The lowest BCUT2D eigenvalue weighted by Crippen LogP contribution is -2.45. The number of rotatable bonds is 21. The Morgan fingerprint density at radius 3 is 1.08 bits per heavy atom. The van der Waals surface area contributed by atoms with Gasteiger partial charge in [0.1, 0.15) is 84.9 Å². The zero-order chi connectivity index (χ0) is 76.2. The van der Waals surface area contributed by atoms with E-state index in [9.17, 15) is 52.4 Å². The first-order chi connectivity index (χ1) is 50.7. The van der Waals surface area contributed by atoms with Crippen molar-refractivity contribution in [1.82, 2.24) is 101 Å². The fourth-order valence-electron chi connectivity index (χ4n) is 13.5. The summed E-state index contributed by atoms with van der Waals surface area (Å²) in [6, 6.07) is 13.1. The highest BCUT2D eigenvalue weighted by Crippen LogP contribution is 2.48. The van der Waals surface area contributed by atoms with E-state index in [0.29, 0.717) is 65.0 Å². The van der Waals surface area contributed by atoms with Crippen molar-refractivity contribution in [1.29, 1.82) is 0 Å². The van der Waals surface area contributed by atoms with Crippen LogP contribution in [-0.2, 0) is 94.7 Å². The van der Waals surface area contributed by atoms with Gasteiger partial charge in [-0.3, -0.25) is 114 Å². The third-order valence-corrected chi connectivity index (χ3v) is 18.4. The predicted molar refractivity (Wildman–Crippen MR) is 361 cm³/mol. The van der Waals surface area contributed by atoms with Crippen molar-refractivity contribution in [3.8, 4) is 0 Å².